The first-order chi connectivity index (χ1) is 16.5. The van der Waals surface area contributed by atoms with Gasteiger partial charge in [-0.15, -0.1) is 0 Å². The molecule has 176 valence electrons. The van der Waals surface area contributed by atoms with Gasteiger partial charge in [-0.25, -0.2) is 9.37 Å². The van der Waals surface area contributed by atoms with Gasteiger partial charge in [0.1, 0.15) is 5.75 Å². The second-order valence-corrected chi connectivity index (χ2v) is 8.55. The van der Waals surface area contributed by atoms with Gasteiger partial charge in [0.25, 0.3) is 0 Å². The molecule has 4 aromatic rings. The van der Waals surface area contributed by atoms with Crippen LogP contribution in [0.5, 0.6) is 11.5 Å². The normalized spacial score (nSPS) is 14.4. The molecule has 0 unspecified atom stereocenters. The van der Waals surface area contributed by atoms with Crippen LogP contribution in [0.25, 0.3) is 22.3 Å². The highest BCUT2D eigenvalue weighted by atomic mass is 19.1. The first kappa shape index (κ1) is 22.1. The maximum Gasteiger partial charge on any atom is 0.188 e. The summed E-state index contributed by atoms with van der Waals surface area (Å²) in [7, 11) is 3.02. The van der Waals surface area contributed by atoms with Crippen LogP contribution >= 0.6 is 0 Å². The van der Waals surface area contributed by atoms with E-state index >= 15 is 4.39 Å². The fourth-order valence-corrected chi connectivity index (χ4v) is 4.40. The first-order valence-electron chi connectivity index (χ1n) is 11.2. The van der Waals surface area contributed by atoms with Gasteiger partial charge in [-0.05, 0) is 26.0 Å². The number of H-pyrrole nitrogens is 1. The summed E-state index contributed by atoms with van der Waals surface area (Å²) >= 11 is 0. The van der Waals surface area contributed by atoms with Crippen molar-refractivity contribution >= 4 is 22.4 Å². The number of rotatable bonds is 5. The number of fused-ring (bicyclic) bond motifs is 3. The van der Waals surface area contributed by atoms with Crippen LogP contribution in [-0.4, -0.2) is 58.4 Å². The highest BCUT2D eigenvalue weighted by Crippen LogP contribution is 2.41. The molecule has 0 spiro atoms. The molecule has 0 saturated carbocycles. The highest BCUT2D eigenvalue weighted by Gasteiger charge is 2.28. The number of anilines is 2. The number of nitrogens with one attached hydrogen (secondary N) is 1. The third-order valence-electron chi connectivity index (χ3n) is 6.32. The molecule has 34 heavy (non-hydrogen) atoms. The van der Waals surface area contributed by atoms with E-state index in [9.17, 15) is 0 Å². The number of nitrogens with zero attached hydrogens (tertiary/aromatic N) is 5. The molecular formula is C25H27FN6O2. The number of hydrogen-bond acceptors (Lipinski definition) is 7. The van der Waals surface area contributed by atoms with Gasteiger partial charge in [0.15, 0.2) is 11.6 Å². The number of hydrogen-bond donors (Lipinski definition) is 1. The number of benzene rings is 2. The maximum atomic E-state index is 15.5. The van der Waals surface area contributed by atoms with Gasteiger partial charge in [-0.3, -0.25) is 15.0 Å². The highest BCUT2D eigenvalue weighted by molar-refractivity contribution is 5.87. The van der Waals surface area contributed by atoms with Crippen molar-refractivity contribution in [3.63, 3.8) is 0 Å². The summed E-state index contributed by atoms with van der Waals surface area (Å²) in [4.78, 5) is 14.0. The van der Waals surface area contributed by atoms with Crippen molar-refractivity contribution in [3.8, 4) is 22.8 Å². The third-order valence-corrected chi connectivity index (χ3v) is 6.32. The molecule has 0 atom stereocenters. The maximum absolute atomic E-state index is 15.5. The Morgan fingerprint density at radius 3 is 2.62 bits per heavy atom. The number of aromatic nitrogens is 4. The van der Waals surface area contributed by atoms with Crippen molar-refractivity contribution < 1.29 is 13.9 Å². The SMILES string of the molecule is COc1cc(OC)c(F)c(N2CCN(C(C)C)Cc3c2ccc2ncc(-c4cn[nH]c4)nc32)c1. The molecule has 1 aliphatic heterocycles. The summed E-state index contributed by atoms with van der Waals surface area (Å²) < 4.78 is 26.3. The molecule has 0 fully saturated rings. The molecule has 1 aliphatic rings. The minimum atomic E-state index is -0.425. The second kappa shape index (κ2) is 8.90. The molecule has 2 aromatic heterocycles. The molecule has 0 radical (unpaired) electrons. The minimum Gasteiger partial charge on any atom is -0.497 e. The molecular weight excluding hydrogens is 435 g/mol. The monoisotopic (exact) mass is 462 g/mol. The average molecular weight is 463 g/mol. The summed E-state index contributed by atoms with van der Waals surface area (Å²) in [6.45, 7) is 6.35. The molecule has 0 bridgehead atoms. The lowest BCUT2D eigenvalue weighted by Gasteiger charge is -2.27. The van der Waals surface area contributed by atoms with E-state index in [1.165, 1.54) is 7.11 Å². The molecule has 3 heterocycles. The van der Waals surface area contributed by atoms with Crippen molar-refractivity contribution in [2.24, 2.45) is 0 Å². The predicted molar refractivity (Wildman–Crippen MR) is 129 cm³/mol. The van der Waals surface area contributed by atoms with Gasteiger partial charge >= 0.3 is 0 Å². The zero-order valence-electron chi connectivity index (χ0n) is 19.7. The lowest BCUT2D eigenvalue weighted by molar-refractivity contribution is 0.224. The Morgan fingerprint density at radius 2 is 1.91 bits per heavy atom. The van der Waals surface area contributed by atoms with E-state index in [0.717, 1.165) is 40.1 Å². The largest absolute Gasteiger partial charge is 0.497 e. The number of halogens is 1. The Hall–Kier alpha value is -3.72. The molecule has 0 saturated heterocycles. The van der Waals surface area contributed by atoms with Crippen LogP contribution in [0, 0.1) is 5.82 Å². The van der Waals surface area contributed by atoms with Crippen LogP contribution in [-0.2, 0) is 6.54 Å². The summed E-state index contributed by atoms with van der Waals surface area (Å²) in [5.74, 6) is 0.247. The van der Waals surface area contributed by atoms with Gasteiger partial charge in [0.05, 0.1) is 49.0 Å². The van der Waals surface area contributed by atoms with E-state index in [1.807, 2.05) is 17.0 Å². The van der Waals surface area contributed by atoms with Crippen molar-refractivity contribution in [1.29, 1.82) is 0 Å². The van der Waals surface area contributed by atoms with Crippen LogP contribution in [0.4, 0.5) is 15.8 Å². The summed E-state index contributed by atoms with van der Waals surface area (Å²) in [6.07, 6.45) is 5.27. The molecule has 1 N–H and O–H groups in total. The Bertz CT molecular complexity index is 1320. The van der Waals surface area contributed by atoms with Crippen molar-refractivity contribution in [2.75, 3.05) is 32.2 Å². The Balaban J connectivity index is 1.74. The van der Waals surface area contributed by atoms with E-state index in [0.29, 0.717) is 30.6 Å². The van der Waals surface area contributed by atoms with Crippen molar-refractivity contribution in [2.45, 2.75) is 26.4 Å². The quantitative estimate of drug-likeness (QED) is 0.467. The van der Waals surface area contributed by atoms with Gasteiger partial charge in [0.2, 0.25) is 0 Å². The van der Waals surface area contributed by atoms with Gasteiger partial charge in [-0.2, -0.15) is 5.10 Å². The van der Waals surface area contributed by atoms with E-state index in [2.05, 4.69) is 33.9 Å². The molecule has 8 nitrogen and oxygen atoms in total. The number of aromatic amines is 1. The predicted octanol–water partition coefficient (Wildman–Crippen LogP) is 4.54. The smallest absolute Gasteiger partial charge is 0.188 e. The van der Waals surface area contributed by atoms with Crippen molar-refractivity contribution in [1.82, 2.24) is 25.1 Å². The zero-order valence-corrected chi connectivity index (χ0v) is 19.7. The summed E-state index contributed by atoms with van der Waals surface area (Å²) in [5.41, 5.74) is 5.48. The number of ether oxygens (including phenoxy) is 2. The van der Waals surface area contributed by atoms with Crippen LogP contribution in [0.1, 0.15) is 19.4 Å². The first-order valence-corrected chi connectivity index (χ1v) is 11.2. The van der Waals surface area contributed by atoms with Crippen LogP contribution < -0.4 is 14.4 Å². The fraction of sp³-hybridized carbons (Fsp3) is 0.320. The molecule has 5 rings (SSSR count). The van der Waals surface area contributed by atoms with Crippen LogP contribution in [0.15, 0.2) is 42.9 Å². The second-order valence-electron chi connectivity index (χ2n) is 8.55. The Kier molecular flexibility index (Phi) is 5.79. The third kappa shape index (κ3) is 3.81. The summed E-state index contributed by atoms with van der Waals surface area (Å²) in [5, 5.41) is 6.86. The van der Waals surface area contributed by atoms with Crippen LogP contribution in [0.3, 0.4) is 0 Å². The molecule has 0 aliphatic carbocycles. The zero-order chi connectivity index (χ0) is 23.8. The van der Waals surface area contributed by atoms with Gasteiger partial charge in [-0.1, -0.05) is 0 Å². The molecule has 0 amide bonds. The number of methoxy groups -OCH3 is 2. The average Bonchev–Trinajstić information content (AvgIpc) is 3.31. The summed E-state index contributed by atoms with van der Waals surface area (Å²) in [6, 6.07) is 7.51. The van der Waals surface area contributed by atoms with E-state index in [-0.39, 0.29) is 5.75 Å². The van der Waals surface area contributed by atoms with E-state index < -0.39 is 5.82 Å². The lowest BCUT2D eigenvalue weighted by Crippen LogP contribution is -2.34. The minimum absolute atomic E-state index is 0.142. The topological polar surface area (TPSA) is 79.4 Å². The molecule has 9 heteroatoms. The Labute approximate surface area is 197 Å². The Morgan fingerprint density at radius 1 is 1.06 bits per heavy atom. The van der Waals surface area contributed by atoms with E-state index in [4.69, 9.17) is 14.5 Å². The standard InChI is InChI=1S/C25H27FN6O2/c1-15(2)31-7-8-32(22-9-17(33-3)10-23(34-4)24(22)26)21-6-5-19-25(18(21)14-31)30-20(13-27-19)16-11-28-29-12-16/h5-6,9-13,15H,7-8,14H2,1-4H3,(H,28,29). The lowest BCUT2D eigenvalue weighted by atomic mass is 10.1. The molecule has 2 aromatic carbocycles. The van der Waals surface area contributed by atoms with Gasteiger partial charge < -0.3 is 14.4 Å². The van der Waals surface area contributed by atoms with E-state index in [1.54, 1.807) is 37.8 Å². The van der Waals surface area contributed by atoms with Crippen molar-refractivity contribution in [3.05, 3.63) is 54.2 Å². The fourth-order valence-electron chi connectivity index (χ4n) is 4.40. The van der Waals surface area contributed by atoms with Gasteiger partial charge in [0, 0.05) is 60.8 Å². The van der Waals surface area contributed by atoms with Crippen LogP contribution in [0.2, 0.25) is 0 Å².